The van der Waals surface area contributed by atoms with Crippen molar-refractivity contribution in [2.75, 3.05) is 26.8 Å². The predicted molar refractivity (Wildman–Crippen MR) is 148 cm³/mol. The molecule has 2 amide bonds. The van der Waals surface area contributed by atoms with E-state index in [1.165, 1.54) is 10.5 Å². The Hall–Kier alpha value is -3.62. The number of thiocarbonyl (C=S) groups is 1. The van der Waals surface area contributed by atoms with E-state index in [1.807, 2.05) is 42.5 Å². The van der Waals surface area contributed by atoms with Gasteiger partial charge in [0.1, 0.15) is 0 Å². The molecule has 0 saturated carbocycles. The number of rotatable bonds is 11. The minimum atomic E-state index is -0.257. The van der Waals surface area contributed by atoms with Gasteiger partial charge < -0.3 is 20.1 Å². The third kappa shape index (κ3) is 6.78. The Morgan fingerprint density at radius 3 is 2.27 bits per heavy atom. The molecule has 0 fully saturated rings. The Labute approximate surface area is 226 Å². The molecule has 0 aliphatic carbocycles. The first-order valence-electron chi connectivity index (χ1n) is 12.0. The van der Waals surface area contributed by atoms with Gasteiger partial charge in [0.15, 0.2) is 16.6 Å². The van der Waals surface area contributed by atoms with Crippen LogP contribution in [0.5, 0.6) is 11.5 Å². The van der Waals surface area contributed by atoms with Crippen LogP contribution in [0.2, 0.25) is 5.02 Å². The fraction of sp³-hybridized carbons (Fsp3) is 0.250. The lowest BCUT2D eigenvalue weighted by Gasteiger charge is -2.16. The Morgan fingerprint density at radius 1 is 0.919 bits per heavy atom. The highest BCUT2D eigenvalue weighted by molar-refractivity contribution is 7.80. The summed E-state index contributed by atoms with van der Waals surface area (Å²) >= 11 is 11.3. The number of ether oxygens (including phenoxy) is 2. The maximum Gasteiger partial charge on any atom is 0.261 e. The van der Waals surface area contributed by atoms with E-state index in [4.69, 9.17) is 33.3 Å². The molecule has 0 spiro atoms. The Bertz CT molecular complexity index is 1250. The molecule has 1 heterocycles. The lowest BCUT2D eigenvalue weighted by atomic mass is 10.1. The fourth-order valence-corrected chi connectivity index (χ4v) is 4.30. The van der Waals surface area contributed by atoms with Gasteiger partial charge in [-0.2, -0.15) is 0 Å². The predicted octanol–water partition coefficient (Wildman–Crippen LogP) is 4.62. The van der Waals surface area contributed by atoms with Gasteiger partial charge in [-0.25, -0.2) is 0 Å². The Kier molecular flexibility index (Phi) is 8.98. The lowest BCUT2D eigenvalue weighted by Crippen LogP contribution is -2.35. The highest BCUT2D eigenvalue weighted by Crippen LogP contribution is 2.28. The van der Waals surface area contributed by atoms with Crippen LogP contribution in [-0.4, -0.2) is 48.6 Å². The van der Waals surface area contributed by atoms with E-state index in [2.05, 4.69) is 10.6 Å². The first-order valence-corrected chi connectivity index (χ1v) is 12.8. The molecule has 1 aliphatic heterocycles. The molecular formula is C28H28ClN3O4S. The topological polar surface area (TPSA) is 79.9 Å². The molecule has 0 unspecified atom stereocenters. The molecule has 4 rings (SSSR count). The van der Waals surface area contributed by atoms with Crippen LogP contribution in [0, 0.1) is 0 Å². The summed E-state index contributed by atoms with van der Waals surface area (Å²) in [5, 5.41) is 7.70. The number of hydrogen-bond acceptors (Lipinski definition) is 5. The second kappa shape index (κ2) is 12.6. The first-order chi connectivity index (χ1) is 18.0. The average Bonchev–Trinajstić information content (AvgIpc) is 3.16. The van der Waals surface area contributed by atoms with Gasteiger partial charge in [-0.05, 0) is 72.6 Å². The SMILES string of the molecule is COc1cc(CNC(=S)NCCc2ccc(Cl)cc2)ccc1OCCCN1C(=O)c2ccccc2C1=O. The molecule has 2 N–H and O–H groups in total. The molecule has 0 aromatic heterocycles. The molecule has 0 bridgehead atoms. The van der Waals surface area contributed by atoms with E-state index in [0.717, 1.165) is 17.0 Å². The smallest absolute Gasteiger partial charge is 0.261 e. The number of nitrogens with zero attached hydrogens (tertiary/aromatic N) is 1. The third-order valence-electron chi connectivity index (χ3n) is 5.96. The van der Waals surface area contributed by atoms with E-state index < -0.39 is 0 Å². The summed E-state index contributed by atoms with van der Waals surface area (Å²) in [6.07, 6.45) is 1.35. The lowest BCUT2D eigenvalue weighted by molar-refractivity contribution is 0.0646. The summed E-state index contributed by atoms with van der Waals surface area (Å²) < 4.78 is 11.4. The number of halogens is 1. The molecule has 0 radical (unpaired) electrons. The van der Waals surface area contributed by atoms with Crippen molar-refractivity contribution in [1.82, 2.24) is 15.5 Å². The van der Waals surface area contributed by atoms with Crippen LogP contribution in [-0.2, 0) is 13.0 Å². The average molecular weight is 538 g/mol. The van der Waals surface area contributed by atoms with Crippen LogP contribution in [0.25, 0.3) is 0 Å². The summed E-state index contributed by atoms with van der Waals surface area (Å²) in [6.45, 7) is 1.87. The van der Waals surface area contributed by atoms with Gasteiger partial charge in [0.2, 0.25) is 0 Å². The van der Waals surface area contributed by atoms with Crippen LogP contribution in [0.1, 0.15) is 38.3 Å². The highest BCUT2D eigenvalue weighted by Gasteiger charge is 2.34. The second-order valence-electron chi connectivity index (χ2n) is 8.48. The minimum absolute atomic E-state index is 0.257. The number of nitrogens with one attached hydrogen (secondary N) is 2. The molecule has 3 aromatic rings. The summed E-state index contributed by atoms with van der Waals surface area (Å²) in [7, 11) is 1.58. The van der Waals surface area contributed by atoms with E-state index in [9.17, 15) is 9.59 Å². The summed E-state index contributed by atoms with van der Waals surface area (Å²) in [6, 6.07) is 20.3. The van der Waals surface area contributed by atoms with Crippen molar-refractivity contribution in [3.05, 3.63) is 94.0 Å². The molecule has 37 heavy (non-hydrogen) atoms. The summed E-state index contributed by atoms with van der Waals surface area (Å²) in [5.41, 5.74) is 3.08. The van der Waals surface area contributed by atoms with E-state index >= 15 is 0 Å². The number of hydrogen-bond donors (Lipinski definition) is 2. The van der Waals surface area contributed by atoms with Crippen LogP contribution >= 0.6 is 23.8 Å². The molecule has 0 atom stereocenters. The van der Waals surface area contributed by atoms with E-state index in [0.29, 0.717) is 60.4 Å². The van der Waals surface area contributed by atoms with Gasteiger partial charge in [-0.15, -0.1) is 0 Å². The Balaban J connectivity index is 1.20. The maximum absolute atomic E-state index is 12.5. The number of amides is 2. The molecule has 0 saturated heterocycles. The first kappa shape index (κ1) is 26.4. The van der Waals surface area contributed by atoms with Crippen LogP contribution in [0.15, 0.2) is 66.7 Å². The standard InChI is InChI=1S/C28H28ClN3O4S/c1-35-25-17-20(18-31-28(37)30-14-13-19-7-10-21(29)11-8-19)9-12-24(25)36-16-4-15-32-26(33)22-5-2-3-6-23(22)27(32)34/h2-3,5-12,17H,4,13-16,18H2,1H3,(H2,30,31,37). The van der Waals surface area contributed by atoms with Crippen LogP contribution in [0.3, 0.4) is 0 Å². The molecular weight excluding hydrogens is 510 g/mol. The number of fused-ring (bicyclic) bond motifs is 1. The van der Waals surface area contributed by atoms with E-state index in [-0.39, 0.29) is 11.8 Å². The minimum Gasteiger partial charge on any atom is -0.493 e. The van der Waals surface area contributed by atoms with Gasteiger partial charge in [0, 0.05) is 24.7 Å². The molecule has 192 valence electrons. The number of benzene rings is 3. The van der Waals surface area contributed by atoms with Crippen molar-refractivity contribution in [2.45, 2.75) is 19.4 Å². The third-order valence-corrected chi connectivity index (χ3v) is 6.50. The summed E-state index contributed by atoms with van der Waals surface area (Å²) in [5.74, 6) is 0.679. The van der Waals surface area contributed by atoms with Crippen LogP contribution in [0.4, 0.5) is 0 Å². The monoisotopic (exact) mass is 537 g/mol. The summed E-state index contributed by atoms with van der Waals surface area (Å²) in [4.78, 5) is 26.2. The molecule has 1 aliphatic rings. The van der Waals surface area contributed by atoms with E-state index in [1.54, 1.807) is 31.4 Å². The maximum atomic E-state index is 12.5. The van der Waals surface area contributed by atoms with Crippen molar-refractivity contribution in [3.63, 3.8) is 0 Å². The zero-order valence-corrected chi connectivity index (χ0v) is 22.0. The van der Waals surface area contributed by atoms with Gasteiger partial charge in [0.25, 0.3) is 11.8 Å². The zero-order chi connectivity index (χ0) is 26.2. The Morgan fingerprint density at radius 2 is 1.59 bits per heavy atom. The quantitative estimate of drug-likeness (QED) is 0.210. The van der Waals surface area contributed by atoms with Crippen molar-refractivity contribution < 1.29 is 19.1 Å². The molecule has 7 nitrogen and oxygen atoms in total. The van der Waals surface area contributed by atoms with Crippen molar-refractivity contribution in [1.29, 1.82) is 0 Å². The van der Waals surface area contributed by atoms with Gasteiger partial charge in [-0.3, -0.25) is 14.5 Å². The van der Waals surface area contributed by atoms with Gasteiger partial charge >= 0.3 is 0 Å². The van der Waals surface area contributed by atoms with Gasteiger partial charge in [0.05, 0.1) is 24.8 Å². The normalized spacial score (nSPS) is 12.3. The van der Waals surface area contributed by atoms with Crippen LogP contribution < -0.4 is 20.1 Å². The number of carbonyl (C=O) groups is 2. The molecule has 3 aromatic carbocycles. The largest absolute Gasteiger partial charge is 0.493 e. The number of carbonyl (C=O) groups excluding carboxylic acids is 2. The zero-order valence-electron chi connectivity index (χ0n) is 20.5. The molecule has 9 heteroatoms. The second-order valence-corrected chi connectivity index (χ2v) is 9.33. The van der Waals surface area contributed by atoms with Gasteiger partial charge in [-0.1, -0.05) is 41.9 Å². The van der Waals surface area contributed by atoms with Crippen molar-refractivity contribution in [2.24, 2.45) is 0 Å². The van der Waals surface area contributed by atoms with Crippen molar-refractivity contribution >= 4 is 40.7 Å². The van der Waals surface area contributed by atoms with Crippen molar-refractivity contribution in [3.8, 4) is 11.5 Å². The number of imide groups is 1. The number of methoxy groups -OCH3 is 1. The highest BCUT2D eigenvalue weighted by atomic mass is 35.5. The fourth-order valence-electron chi connectivity index (χ4n) is 4.00.